The monoisotopic (exact) mass is 311 g/mol. The minimum Gasteiger partial charge on any atom is -0.352 e. The number of carbonyl (C=O) groups is 1. The van der Waals surface area contributed by atoms with Crippen molar-refractivity contribution in [3.05, 3.63) is 35.1 Å². The van der Waals surface area contributed by atoms with Gasteiger partial charge < -0.3 is 5.32 Å². The molecule has 2 nitrogen and oxygen atoms in total. The molecule has 0 radical (unpaired) electrons. The summed E-state index contributed by atoms with van der Waals surface area (Å²) in [6.45, 7) is 2.02. The van der Waals surface area contributed by atoms with Gasteiger partial charge >= 0.3 is 6.18 Å². The molecule has 1 amide bonds. The molecule has 1 aromatic rings. The van der Waals surface area contributed by atoms with Crippen LogP contribution < -0.4 is 5.32 Å². The third-order valence-electron chi connectivity index (χ3n) is 2.61. The van der Waals surface area contributed by atoms with Crippen molar-refractivity contribution in [1.82, 2.24) is 5.32 Å². The van der Waals surface area contributed by atoms with Gasteiger partial charge in [0.15, 0.2) is 0 Å². The number of alkyl halides is 4. The smallest absolute Gasteiger partial charge is 0.352 e. The lowest BCUT2D eigenvalue weighted by Crippen LogP contribution is -2.26. The second-order valence-electron chi connectivity index (χ2n) is 4.34. The Morgan fingerprint density at radius 1 is 1.40 bits per heavy atom. The van der Waals surface area contributed by atoms with Crippen LogP contribution in [0.5, 0.6) is 0 Å². The van der Waals surface area contributed by atoms with Gasteiger partial charge in [0.05, 0.1) is 11.1 Å². The van der Waals surface area contributed by atoms with Gasteiger partial charge in [-0.1, -0.05) is 6.07 Å². The Bertz CT molecular complexity index is 474. The van der Waals surface area contributed by atoms with Crippen LogP contribution in [-0.2, 0) is 6.18 Å². The standard InChI is InChI=1S/C13H14ClF4NO/c1-8(14)4-3-7-19-12(20)9-5-2-6-10(11(9)15)13(16,17)18/h2,5-6,8H,3-4,7H2,1H3,(H,19,20). The van der Waals surface area contributed by atoms with Crippen molar-refractivity contribution in [3.63, 3.8) is 0 Å². The topological polar surface area (TPSA) is 29.1 Å². The van der Waals surface area contributed by atoms with Crippen LogP contribution in [0.3, 0.4) is 0 Å². The van der Waals surface area contributed by atoms with Crippen LogP contribution in [0.1, 0.15) is 35.7 Å². The molecule has 0 aliphatic rings. The number of benzene rings is 1. The summed E-state index contributed by atoms with van der Waals surface area (Å²) in [6, 6.07) is 2.62. The van der Waals surface area contributed by atoms with Gasteiger partial charge in [0.2, 0.25) is 0 Å². The number of nitrogens with one attached hydrogen (secondary N) is 1. The average molecular weight is 312 g/mol. The molecule has 1 unspecified atom stereocenters. The summed E-state index contributed by atoms with van der Waals surface area (Å²) < 4.78 is 51.2. The van der Waals surface area contributed by atoms with E-state index in [-0.39, 0.29) is 11.9 Å². The molecule has 0 aliphatic carbocycles. The largest absolute Gasteiger partial charge is 0.419 e. The van der Waals surface area contributed by atoms with Gasteiger partial charge in [0, 0.05) is 11.9 Å². The molecule has 112 valence electrons. The van der Waals surface area contributed by atoms with Crippen molar-refractivity contribution in [2.75, 3.05) is 6.54 Å². The fourth-order valence-corrected chi connectivity index (χ4v) is 1.76. The second-order valence-corrected chi connectivity index (χ2v) is 5.09. The Kier molecular flexibility index (Phi) is 5.80. The normalized spacial score (nSPS) is 13.1. The first-order valence-electron chi connectivity index (χ1n) is 6.01. The first-order valence-corrected chi connectivity index (χ1v) is 6.45. The summed E-state index contributed by atoms with van der Waals surface area (Å²) in [6.07, 6.45) is -3.61. The van der Waals surface area contributed by atoms with Gasteiger partial charge in [-0.05, 0) is 31.9 Å². The maximum atomic E-state index is 13.7. The SMILES string of the molecule is CC(Cl)CCCNC(=O)c1cccc(C(F)(F)F)c1F. The summed E-state index contributed by atoms with van der Waals surface area (Å²) in [4.78, 5) is 11.6. The van der Waals surface area contributed by atoms with Crippen LogP contribution in [0.15, 0.2) is 18.2 Å². The number of hydrogen-bond acceptors (Lipinski definition) is 1. The molecule has 0 saturated heterocycles. The predicted octanol–water partition coefficient (Wildman–Crippen LogP) is 3.98. The minimum atomic E-state index is -4.82. The highest BCUT2D eigenvalue weighted by molar-refractivity contribution is 6.20. The molecule has 0 aromatic heterocycles. The molecule has 0 heterocycles. The highest BCUT2D eigenvalue weighted by Crippen LogP contribution is 2.32. The fraction of sp³-hybridized carbons (Fsp3) is 0.462. The Morgan fingerprint density at radius 2 is 2.05 bits per heavy atom. The van der Waals surface area contributed by atoms with Crippen LogP contribution >= 0.6 is 11.6 Å². The van der Waals surface area contributed by atoms with Gasteiger partial charge in [0.1, 0.15) is 5.82 Å². The third-order valence-corrected chi connectivity index (χ3v) is 2.83. The van der Waals surface area contributed by atoms with E-state index in [4.69, 9.17) is 11.6 Å². The van der Waals surface area contributed by atoms with Crippen molar-refractivity contribution in [2.45, 2.75) is 31.3 Å². The number of rotatable bonds is 5. The van der Waals surface area contributed by atoms with E-state index in [0.717, 1.165) is 12.1 Å². The van der Waals surface area contributed by atoms with E-state index in [2.05, 4.69) is 5.32 Å². The van der Waals surface area contributed by atoms with Gasteiger partial charge in [0.25, 0.3) is 5.91 Å². The highest BCUT2D eigenvalue weighted by atomic mass is 35.5. The second kappa shape index (κ2) is 6.92. The van der Waals surface area contributed by atoms with Crippen LogP contribution in [0, 0.1) is 5.82 Å². The van der Waals surface area contributed by atoms with E-state index in [0.29, 0.717) is 18.9 Å². The number of halogens is 5. The first-order chi connectivity index (χ1) is 9.23. The third kappa shape index (κ3) is 4.67. The highest BCUT2D eigenvalue weighted by Gasteiger charge is 2.35. The van der Waals surface area contributed by atoms with E-state index < -0.39 is 29.0 Å². The zero-order valence-corrected chi connectivity index (χ0v) is 11.5. The van der Waals surface area contributed by atoms with Crippen molar-refractivity contribution in [3.8, 4) is 0 Å². The van der Waals surface area contributed by atoms with Crippen molar-refractivity contribution < 1.29 is 22.4 Å². The van der Waals surface area contributed by atoms with Gasteiger partial charge in [-0.25, -0.2) is 4.39 Å². The molecule has 20 heavy (non-hydrogen) atoms. The molecular formula is C13H14ClF4NO. The Balaban J connectivity index is 2.74. The summed E-state index contributed by atoms with van der Waals surface area (Å²) in [5.41, 5.74) is -2.06. The van der Waals surface area contributed by atoms with E-state index in [1.54, 1.807) is 6.92 Å². The number of hydrogen-bond donors (Lipinski definition) is 1. The van der Waals surface area contributed by atoms with Crippen LogP contribution in [0.25, 0.3) is 0 Å². The van der Waals surface area contributed by atoms with Crippen molar-refractivity contribution >= 4 is 17.5 Å². The molecule has 0 saturated carbocycles. The molecular weight excluding hydrogens is 298 g/mol. The predicted molar refractivity (Wildman–Crippen MR) is 68.3 cm³/mol. The number of amides is 1. The molecule has 0 bridgehead atoms. The molecule has 1 rings (SSSR count). The lowest BCUT2D eigenvalue weighted by Gasteiger charge is -2.11. The van der Waals surface area contributed by atoms with Gasteiger partial charge in [-0.2, -0.15) is 13.2 Å². The maximum absolute atomic E-state index is 13.7. The molecule has 0 aliphatic heterocycles. The van der Waals surface area contributed by atoms with E-state index >= 15 is 0 Å². The quantitative estimate of drug-likeness (QED) is 0.497. The zero-order chi connectivity index (χ0) is 15.3. The Hall–Kier alpha value is -1.30. The van der Waals surface area contributed by atoms with Gasteiger partial charge in [-0.15, -0.1) is 11.6 Å². The minimum absolute atomic E-state index is 0.0582. The molecule has 0 fully saturated rings. The van der Waals surface area contributed by atoms with Crippen molar-refractivity contribution in [1.29, 1.82) is 0 Å². The fourth-order valence-electron chi connectivity index (χ4n) is 1.61. The van der Waals surface area contributed by atoms with Crippen LogP contribution in [-0.4, -0.2) is 17.8 Å². The van der Waals surface area contributed by atoms with E-state index in [1.807, 2.05) is 0 Å². The summed E-state index contributed by atoms with van der Waals surface area (Å²) in [7, 11) is 0. The van der Waals surface area contributed by atoms with Crippen LogP contribution in [0.2, 0.25) is 0 Å². The summed E-state index contributed by atoms with van der Waals surface area (Å²) >= 11 is 5.71. The molecule has 0 spiro atoms. The molecule has 1 aromatic carbocycles. The Morgan fingerprint density at radius 3 is 2.60 bits per heavy atom. The van der Waals surface area contributed by atoms with E-state index in [9.17, 15) is 22.4 Å². The average Bonchev–Trinajstić information content (AvgIpc) is 2.33. The summed E-state index contributed by atoms with van der Waals surface area (Å²) in [5.74, 6) is -2.42. The van der Waals surface area contributed by atoms with Gasteiger partial charge in [-0.3, -0.25) is 4.79 Å². The van der Waals surface area contributed by atoms with Crippen molar-refractivity contribution in [2.24, 2.45) is 0 Å². The maximum Gasteiger partial charge on any atom is 0.419 e. The Labute approximate surface area is 119 Å². The zero-order valence-electron chi connectivity index (χ0n) is 10.7. The van der Waals surface area contributed by atoms with Crippen LogP contribution in [0.4, 0.5) is 17.6 Å². The lowest BCUT2D eigenvalue weighted by molar-refractivity contribution is -0.140. The lowest BCUT2D eigenvalue weighted by atomic mass is 10.1. The van der Waals surface area contributed by atoms with E-state index in [1.165, 1.54) is 0 Å². The molecule has 1 atom stereocenters. The number of carbonyl (C=O) groups excluding carboxylic acids is 1. The first kappa shape index (κ1) is 16.8. The molecule has 7 heteroatoms. The summed E-state index contributed by atoms with van der Waals surface area (Å²) in [5, 5.41) is 2.31. The molecule has 1 N–H and O–H groups in total.